The molecule has 1 aliphatic rings. The van der Waals surface area contributed by atoms with Crippen LogP contribution in [0.5, 0.6) is 5.75 Å². The number of anilines is 1. The number of nitrogens with one attached hydrogen (secondary N) is 2. The summed E-state index contributed by atoms with van der Waals surface area (Å²) >= 11 is 0. The summed E-state index contributed by atoms with van der Waals surface area (Å²) in [6.07, 6.45) is -0.767. The quantitative estimate of drug-likeness (QED) is 0.769. The van der Waals surface area contributed by atoms with Gasteiger partial charge in [0, 0.05) is 0 Å². The first-order valence-electron chi connectivity index (χ1n) is 6.30. The number of hydrogen-bond acceptors (Lipinski definition) is 4. The van der Waals surface area contributed by atoms with Crippen LogP contribution in [-0.4, -0.2) is 36.9 Å². The van der Waals surface area contributed by atoms with Gasteiger partial charge in [-0.1, -0.05) is 6.07 Å². The predicted octanol–water partition coefficient (Wildman–Crippen LogP) is 1.15. The van der Waals surface area contributed by atoms with Gasteiger partial charge in [0.1, 0.15) is 0 Å². The number of fused-ring (bicyclic) bond motifs is 1. The molecule has 2 rings (SSSR count). The zero-order valence-electron chi connectivity index (χ0n) is 11.7. The number of ether oxygens (including phenoxy) is 1. The Morgan fingerprint density at radius 1 is 1.50 bits per heavy atom. The molecule has 1 heterocycles. The van der Waals surface area contributed by atoms with E-state index in [1.807, 2.05) is 0 Å². The Morgan fingerprint density at radius 3 is 2.82 bits per heavy atom. The molecule has 0 fully saturated rings. The van der Waals surface area contributed by atoms with Crippen LogP contribution >= 0.6 is 12.4 Å². The molecule has 4 N–H and O–H groups in total. The van der Waals surface area contributed by atoms with Crippen LogP contribution in [0.2, 0.25) is 0 Å². The number of nitrogens with two attached hydrogens (primary N) is 1. The van der Waals surface area contributed by atoms with Crippen molar-refractivity contribution >= 4 is 29.9 Å². The van der Waals surface area contributed by atoms with E-state index in [1.54, 1.807) is 6.07 Å². The number of halogens is 3. The highest BCUT2D eigenvalue weighted by Gasteiger charge is 2.30. The van der Waals surface area contributed by atoms with Gasteiger partial charge >= 0.3 is 0 Å². The first-order valence-corrected chi connectivity index (χ1v) is 6.30. The van der Waals surface area contributed by atoms with Gasteiger partial charge in [-0.15, -0.1) is 12.4 Å². The molecule has 22 heavy (non-hydrogen) atoms. The molecule has 1 aromatic rings. The van der Waals surface area contributed by atoms with E-state index in [0.29, 0.717) is 5.69 Å². The summed E-state index contributed by atoms with van der Waals surface area (Å²) in [5.74, 6) is -4.07. The standard InChI is InChI=1S/C13H15F2N3O3.ClH/c1-7-11(19)18-9-4-2-3-8(10(9)21-7)12(20)17-6-13(14,15)5-16;/h2-4,7H,5-6,16H2,1H3,(H,17,20)(H,18,19);1H. The van der Waals surface area contributed by atoms with Crippen LogP contribution < -0.4 is 21.1 Å². The molecular weight excluding hydrogens is 320 g/mol. The minimum atomic E-state index is -3.17. The maximum absolute atomic E-state index is 13.1. The maximum atomic E-state index is 13.1. The van der Waals surface area contributed by atoms with Gasteiger partial charge < -0.3 is 21.1 Å². The summed E-state index contributed by atoms with van der Waals surface area (Å²) in [6.45, 7) is -0.201. The molecule has 0 saturated carbocycles. The number of alkyl halides is 2. The number of carbonyl (C=O) groups is 2. The lowest BCUT2D eigenvalue weighted by Crippen LogP contribution is -2.42. The van der Waals surface area contributed by atoms with Crippen molar-refractivity contribution in [2.75, 3.05) is 18.4 Å². The maximum Gasteiger partial charge on any atom is 0.277 e. The number of rotatable bonds is 4. The molecular formula is C13H16ClF2N3O3. The van der Waals surface area contributed by atoms with Crippen LogP contribution in [0.1, 0.15) is 17.3 Å². The summed E-state index contributed by atoms with van der Waals surface area (Å²) in [6, 6.07) is 4.51. The van der Waals surface area contributed by atoms with Gasteiger partial charge in [0.25, 0.3) is 17.7 Å². The second kappa shape index (κ2) is 6.89. The first kappa shape index (κ1) is 18.1. The zero-order chi connectivity index (χ0) is 15.6. The topological polar surface area (TPSA) is 93.4 Å². The van der Waals surface area contributed by atoms with Crippen molar-refractivity contribution in [1.82, 2.24) is 5.32 Å². The molecule has 6 nitrogen and oxygen atoms in total. The molecule has 122 valence electrons. The third kappa shape index (κ3) is 3.83. The Bertz CT molecular complexity index is 584. The lowest BCUT2D eigenvalue weighted by atomic mass is 10.1. The number of carbonyl (C=O) groups excluding carboxylic acids is 2. The summed E-state index contributed by atoms with van der Waals surface area (Å²) < 4.78 is 31.5. The highest BCUT2D eigenvalue weighted by Crippen LogP contribution is 2.33. The van der Waals surface area contributed by atoms with E-state index >= 15 is 0 Å². The Morgan fingerprint density at radius 2 is 2.18 bits per heavy atom. The van der Waals surface area contributed by atoms with Gasteiger partial charge in [-0.3, -0.25) is 9.59 Å². The van der Waals surface area contributed by atoms with Crippen LogP contribution in [0.3, 0.4) is 0 Å². The fourth-order valence-electron chi connectivity index (χ4n) is 1.78. The van der Waals surface area contributed by atoms with Crippen molar-refractivity contribution in [2.45, 2.75) is 19.0 Å². The summed E-state index contributed by atoms with van der Waals surface area (Å²) in [4.78, 5) is 23.5. The minimum absolute atomic E-state index is 0. The Balaban J connectivity index is 0.00000242. The summed E-state index contributed by atoms with van der Waals surface area (Å²) in [5, 5.41) is 4.68. The Hall–Kier alpha value is -1.93. The van der Waals surface area contributed by atoms with Crippen LogP contribution in [0.4, 0.5) is 14.5 Å². The Labute approximate surface area is 131 Å². The fourth-order valence-corrected chi connectivity index (χ4v) is 1.78. The molecule has 0 spiro atoms. The van der Waals surface area contributed by atoms with Gasteiger partial charge in [0.2, 0.25) is 0 Å². The van der Waals surface area contributed by atoms with Gasteiger partial charge in [0.05, 0.1) is 24.3 Å². The molecule has 9 heteroatoms. The molecule has 1 aromatic carbocycles. The van der Waals surface area contributed by atoms with E-state index in [4.69, 9.17) is 10.5 Å². The minimum Gasteiger partial charge on any atom is -0.478 e. The molecule has 2 amide bonds. The van der Waals surface area contributed by atoms with Crippen molar-refractivity contribution in [3.8, 4) is 5.75 Å². The molecule has 0 saturated heterocycles. The summed E-state index contributed by atoms with van der Waals surface area (Å²) in [7, 11) is 0. The second-order valence-electron chi connectivity index (χ2n) is 4.67. The molecule has 0 aliphatic carbocycles. The lowest BCUT2D eigenvalue weighted by Gasteiger charge is -2.25. The normalized spacial score (nSPS) is 16.7. The van der Waals surface area contributed by atoms with Crippen LogP contribution in [0.15, 0.2) is 18.2 Å². The van der Waals surface area contributed by atoms with Gasteiger partial charge in [-0.2, -0.15) is 0 Å². The smallest absolute Gasteiger partial charge is 0.277 e. The predicted molar refractivity (Wildman–Crippen MR) is 78.7 cm³/mol. The zero-order valence-corrected chi connectivity index (χ0v) is 12.5. The SMILES string of the molecule is CC1Oc2c(cccc2C(=O)NCC(F)(F)CN)NC1=O.Cl. The number of para-hydroxylation sites is 1. The third-order valence-corrected chi connectivity index (χ3v) is 2.99. The molecule has 0 radical (unpaired) electrons. The molecule has 0 bridgehead atoms. The highest BCUT2D eigenvalue weighted by molar-refractivity contribution is 6.03. The molecule has 1 aliphatic heterocycles. The van der Waals surface area contributed by atoms with Gasteiger partial charge in [0.15, 0.2) is 11.9 Å². The van der Waals surface area contributed by atoms with Crippen molar-refractivity contribution in [3.05, 3.63) is 23.8 Å². The number of hydrogen-bond donors (Lipinski definition) is 3. The Kier molecular flexibility index (Phi) is 5.67. The largest absolute Gasteiger partial charge is 0.478 e. The van der Waals surface area contributed by atoms with Crippen molar-refractivity contribution in [2.24, 2.45) is 5.73 Å². The molecule has 1 unspecified atom stereocenters. The molecule has 1 atom stereocenters. The highest BCUT2D eigenvalue weighted by atomic mass is 35.5. The third-order valence-electron chi connectivity index (χ3n) is 2.99. The van der Waals surface area contributed by atoms with Crippen molar-refractivity contribution in [3.63, 3.8) is 0 Å². The number of amides is 2. The van der Waals surface area contributed by atoms with Crippen LogP contribution in [0.25, 0.3) is 0 Å². The van der Waals surface area contributed by atoms with Crippen LogP contribution in [0, 0.1) is 0 Å². The second-order valence-corrected chi connectivity index (χ2v) is 4.67. The average Bonchev–Trinajstić information content (AvgIpc) is 2.45. The summed E-state index contributed by atoms with van der Waals surface area (Å²) in [5.41, 5.74) is 5.31. The fraction of sp³-hybridized carbons (Fsp3) is 0.385. The monoisotopic (exact) mass is 335 g/mol. The first-order chi connectivity index (χ1) is 9.84. The average molecular weight is 336 g/mol. The van der Waals surface area contributed by atoms with Gasteiger partial charge in [-0.25, -0.2) is 8.78 Å². The van der Waals surface area contributed by atoms with E-state index < -0.39 is 31.0 Å². The van der Waals surface area contributed by atoms with E-state index in [9.17, 15) is 18.4 Å². The molecule has 0 aromatic heterocycles. The van der Waals surface area contributed by atoms with E-state index in [2.05, 4.69) is 10.6 Å². The van der Waals surface area contributed by atoms with E-state index in [1.165, 1.54) is 19.1 Å². The van der Waals surface area contributed by atoms with Crippen molar-refractivity contribution < 1.29 is 23.1 Å². The number of benzene rings is 1. The van der Waals surface area contributed by atoms with Crippen molar-refractivity contribution in [1.29, 1.82) is 0 Å². The van der Waals surface area contributed by atoms with E-state index in [-0.39, 0.29) is 29.6 Å². The lowest BCUT2D eigenvalue weighted by molar-refractivity contribution is -0.122. The van der Waals surface area contributed by atoms with E-state index in [0.717, 1.165) is 0 Å². The van der Waals surface area contributed by atoms with Crippen LogP contribution in [-0.2, 0) is 4.79 Å². The van der Waals surface area contributed by atoms with Gasteiger partial charge in [-0.05, 0) is 19.1 Å².